The third kappa shape index (κ3) is 3.63. The topological polar surface area (TPSA) is 75.1 Å². The minimum Gasteiger partial charge on any atom is -0.480 e. The van der Waals surface area contributed by atoms with Crippen LogP contribution < -0.4 is 5.32 Å². The summed E-state index contributed by atoms with van der Waals surface area (Å²) in [6.07, 6.45) is 2.22. The zero-order chi connectivity index (χ0) is 11.3. The van der Waals surface area contributed by atoms with Crippen LogP contribution in [0.4, 0.5) is 0 Å². The Morgan fingerprint density at radius 3 is 2.93 bits per heavy atom. The van der Waals surface area contributed by atoms with E-state index in [1.807, 2.05) is 6.92 Å². The van der Waals surface area contributed by atoms with Crippen molar-refractivity contribution in [3.05, 3.63) is 23.8 Å². The maximum Gasteiger partial charge on any atom is 0.320 e. The van der Waals surface area contributed by atoms with Crippen molar-refractivity contribution in [2.24, 2.45) is 0 Å². The van der Waals surface area contributed by atoms with Gasteiger partial charge in [0, 0.05) is 12.7 Å². The number of nitrogens with one attached hydrogen (secondary N) is 1. The Hall–Kier alpha value is -1.49. The van der Waals surface area contributed by atoms with Crippen molar-refractivity contribution >= 4 is 5.97 Å². The van der Waals surface area contributed by atoms with Gasteiger partial charge in [0.05, 0.1) is 5.69 Å². The first kappa shape index (κ1) is 11.6. The minimum atomic E-state index is -0.830. The van der Waals surface area contributed by atoms with Crippen LogP contribution >= 0.6 is 0 Å². The molecule has 0 aliphatic rings. The fourth-order valence-electron chi connectivity index (χ4n) is 1.24. The molecule has 1 unspecified atom stereocenters. The third-order valence-electron chi connectivity index (χ3n) is 2.07. The van der Waals surface area contributed by atoms with Gasteiger partial charge in [-0.3, -0.25) is 10.1 Å². The minimum absolute atomic E-state index is 0.453. The molecule has 0 fully saturated rings. The number of carbonyl (C=O) groups is 1. The molecular weight excluding hydrogens is 194 g/mol. The van der Waals surface area contributed by atoms with Gasteiger partial charge < -0.3 is 5.11 Å². The highest BCUT2D eigenvalue weighted by molar-refractivity contribution is 5.73. The number of nitrogens with zero attached hydrogens (tertiary/aromatic N) is 2. The first-order valence-corrected chi connectivity index (χ1v) is 4.88. The summed E-state index contributed by atoms with van der Waals surface area (Å²) in [4.78, 5) is 18.9. The van der Waals surface area contributed by atoms with Crippen LogP contribution in [0.2, 0.25) is 0 Å². The van der Waals surface area contributed by atoms with Crippen molar-refractivity contribution in [1.82, 2.24) is 15.3 Å². The number of aromatic nitrogens is 2. The molecule has 1 atom stereocenters. The zero-order valence-electron chi connectivity index (χ0n) is 8.90. The molecule has 1 aromatic rings. The average molecular weight is 209 g/mol. The van der Waals surface area contributed by atoms with Gasteiger partial charge in [-0.25, -0.2) is 9.97 Å². The van der Waals surface area contributed by atoms with Crippen LogP contribution in [-0.2, 0) is 11.3 Å². The van der Waals surface area contributed by atoms with E-state index >= 15 is 0 Å². The highest BCUT2D eigenvalue weighted by Gasteiger charge is 2.13. The van der Waals surface area contributed by atoms with Crippen molar-refractivity contribution < 1.29 is 9.90 Å². The van der Waals surface area contributed by atoms with E-state index in [1.165, 1.54) is 0 Å². The van der Waals surface area contributed by atoms with Crippen molar-refractivity contribution in [3.8, 4) is 0 Å². The number of carboxylic acid groups (broad SMARTS) is 1. The van der Waals surface area contributed by atoms with Gasteiger partial charge in [-0.05, 0) is 19.4 Å². The van der Waals surface area contributed by atoms with Crippen LogP contribution in [0.5, 0.6) is 0 Å². The van der Waals surface area contributed by atoms with Gasteiger partial charge in [0.2, 0.25) is 0 Å². The van der Waals surface area contributed by atoms with Crippen LogP contribution in [-0.4, -0.2) is 27.1 Å². The van der Waals surface area contributed by atoms with Crippen molar-refractivity contribution in [1.29, 1.82) is 0 Å². The van der Waals surface area contributed by atoms with Gasteiger partial charge >= 0.3 is 5.97 Å². The molecular formula is C10H15N3O2. The highest BCUT2D eigenvalue weighted by Crippen LogP contribution is 1.97. The molecule has 0 amide bonds. The Kier molecular flexibility index (Phi) is 4.17. The summed E-state index contributed by atoms with van der Waals surface area (Å²) in [5.41, 5.74) is 0.808. The molecule has 0 radical (unpaired) electrons. The van der Waals surface area contributed by atoms with Crippen molar-refractivity contribution in [3.63, 3.8) is 0 Å². The Labute approximate surface area is 88.6 Å². The predicted molar refractivity (Wildman–Crippen MR) is 55.3 cm³/mol. The largest absolute Gasteiger partial charge is 0.480 e. The molecule has 15 heavy (non-hydrogen) atoms. The molecule has 1 rings (SSSR count). The first-order valence-electron chi connectivity index (χ1n) is 4.88. The van der Waals surface area contributed by atoms with Gasteiger partial charge in [0.25, 0.3) is 0 Å². The summed E-state index contributed by atoms with van der Waals surface area (Å²) in [6, 6.07) is 1.26. The van der Waals surface area contributed by atoms with Gasteiger partial charge in [-0.15, -0.1) is 0 Å². The van der Waals surface area contributed by atoms with Gasteiger partial charge in [-0.2, -0.15) is 0 Å². The van der Waals surface area contributed by atoms with Gasteiger partial charge in [-0.1, -0.05) is 6.92 Å². The molecule has 1 aromatic heterocycles. The Balaban J connectivity index is 2.52. The molecule has 2 N–H and O–H groups in total. The monoisotopic (exact) mass is 209 g/mol. The maximum atomic E-state index is 10.7. The number of hydrogen-bond donors (Lipinski definition) is 2. The van der Waals surface area contributed by atoms with Gasteiger partial charge in [0.15, 0.2) is 0 Å². The third-order valence-corrected chi connectivity index (χ3v) is 2.07. The lowest BCUT2D eigenvalue weighted by atomic mass is 10.2. The van der Waals surface area contributed by atoms with Crippen LogP contribution in [0.25, 0.3) is 0 Å². The van der Waals surface area contributed by atoms with E-state index in [1.54, 1.807) is 19.2 Å². The van der Waals surface area contributed by atoms with Crippen LogP contribution in [0, 0.1) is 6.92 Å². The van der Waals surface area contributed by atoms with Crippen molar-refractivity contribution in [2.75, 3.05) is 0 Å². The first-order chi connectivity index (χ1) is 7.13. The predicted octanol–water partition coefficient (Wildman–Crippen LogP) is 0.738. The molecule has 0 saturated heterocycles. The summed E-state index contributed by atoms with van der Waals surface area (Å²) < 4.78 is 0. The molecule has 0 spiro atoms. The normalized spacial score (nSPS) is 12.4. The van der Waals surface area contributed by atoms with Crippen molar-refractivity contribution in [2.45, 2.75) is 32.9 Å². The lowest BCUT2D eigenvalue weighted by Crippen LogP contribution is -2.35. The number of aliphatic carboxylic acids is 1. The quantitative estimate of drug-likeness (QED) is 0.748. The molecule has 0 aliphatic carbocycles. The molecule has 0 aromatic carbocycles. The lowest BCUT2D eigenvalue weighted by Gasteiger charge is -2.11. The summed E-state index contributed by atoms with van der Waals surface area (Å²) in [5, 5.41) is 11.7. The SMILES string of the molecule is CCC(NCc1ccnc(C)n1)C(=O)O. The second-order valence-electron chi connectivity index (χ2n) is 3.28. The maximum absolute atomic E-state index is 10.7. The number of hydrogen-bond acceptors (Lipinski definition) is 4. The van der Waals surface area contributed by atoms with E-state index in [4.69, 9.17) is 5.11 Å². The second kappa shape index (κ2) is 5.41. The Morgan fingerprint density at radius 2 is 2.40 bits per heavy atom. The lowest BCUT2D eigenvalue weighted by molar-refractivity contribution is -0.139. The molecule has 1 heterocycles. The number of carboxylic acids is 1. The second-order valence-corrected chi connectivity index (χ2v) is 3.28. The molecule has 5 heteroatoms. The fraction of sp³-hybridized carbons (Fsp3) is 0.500. The van der Waals surface area contributed by atoms with E-state index in [2.05, 4.69) is 15.3 Å². The number of aryl methyl sites for hydroxylation is 1. The van der Waals surface area contributed by atoms with Crippen LogP contribution in [0.15, 0.2) is 12.3 Å². The van der Waals surface area contributed by atoms with Crippen LogP contribution in [0.3, 0.4) is 0 Å². The molecule has 82 valence electrons. The Bertz CT molecular complexity index is 341. The summed E-state index contributed by atoms with van der Waals surface area (Å²) in [6.45, 7) is 4.09. The molecule has 0 bridgehead atoms. The van der Waals surface area contributed by atoms with E-state index in [0.717, 1.165) is 5.69 Å². The zero-order valence-corrected chi connectivity index (χ0v) is 8.90. The fourth-order valence-corrected chi connectivity index (χ4v) is 1.24. The van der Waals surface area contributed by atoms with E-state index in [9.17, 15) is 4.79 Å². The molecule has 0 aliphatic heterocycles. The van der Waals surface area contributed by atoms with E-state index in [-0.39, 0.29) is 0 Å². The summed E-state index contributed by atoms with van der Waals surface area (Å²) in [5.74, 6) is -0.138. The molecule has 0 saturated carbocycles. The smallest absolute Gasteiger partial charge is 0.320 e. The Morgan fingerprint density at radius 1 is 1.67 bits per heavy atom. The average Bonchev–Trinajstić information content (AvgIpc) is 2.18. The van der Waals surface area contributed by atoms with Crippen LogP contribution in [0.1, 0.15) is 24.9 Å². The van der Waals surface area contributed by atoms with E-state index < -0.39 is 12.0 Å². The standard InChI is InChI=1S/C10H15N3O2/c1-3-9(10(14)15)12-6-8-4-5-11-7(2)13-8/h4-5,9,12H,3,6H2,1-2H3,(H,14,15). The summed E-state index contributed by atoms with van der Waals surface area (Å²) >= 11 is 0. The van der Waals surface area contributed by atoms with E-state index in [0.29, 0.717) is 18.8 Å². The highest BCUT2D eigenvalue weighted by atomic mass is 16.4. The molecule has 5 nitrogen and oxygen atoms in total. The number of rotatable bonds is 5. The van der Waals surface area contributed by atoms with Gasteiger partial charge in [0.1, 0.15) is 11.9 Å². The summed E-state index contributed by atoms with van der Waals surface area (Å²) in [7, 11) is 0.